The van der Waals surface area contributed by atoms with E-state index in [1.165, 1.54) is 16.5 Å². The van der Waals surface area contributed by atoms with Crippen LogP contribution in [-0.4, -0.2) is 32.3 Å². The maximum atomic E-state index is 12.8. The second kappa shape index (κ2) is 6.42. The number of pyridine rings is 1. The van der Waals surface area contributed by atoms with Crippen molar-refractivity contribution in [2.45, 2.75) is 19.6 Å². The normalized spacial score (nSPS) is 11.7. The second-order valence-electron chi connectivity index (χ2n) is 5.10. The van der Waals surface area contributed by atoms with Crippen molar-refractivity contribution in [1.29, 1.82) is 0 Å². The molecule has 3 aromatic rings. The van der Waals surface area contributed by atoms with Gasteiger partial charge in [-0.3, -0.25) is 9.20 Å². The highest BCUT2D eigenvalue weighted by molar-refractivity contribution is 5.77. The minimum absolute atomic E-state index is 0.109. The van der Waals surface area contributed by atoms with Crippen molar-refractivity contribution in [3.8, 4) is 5.88 Å². The molecule has 0 radical (unpaired) electrons. The van der Waals surface area contributed by atoms with Gasteiger partial charge in [0.25, 0.3) is 11.8 Å². The van der Waals surface area contributed by atoms with E-state index in [4.69, 9.17) is 9.26 Å². The minimum Gasteiger partial charge on any atom is -0.465 e. The number of nitrogens with one attached hydrogen (secondary N) is 1. The molecule has 132 valence electrons. The number of alkyl halides is 3. The molecule has 0 aliphatic rings. The summed E-state index contributed by atoms with van der Waals surface area (Å²) in [6.45, 7) is 1.24. The van der Waals surface area contributed by atoms with Gasteiger partial charge in [-0.25, -0.2) is 0 Å². The van der Waals surface area contributed by atoms with Crippen molar-refractivity contribution < 1.29 is 27.2 Å². The number of rotatable bonds is 5. The summed E-state index contributed by atoms with van der Waals surface area (Å²) in [5.41, 5.74) is -0.594. The van der Waals surface area contributed by atoms with Crippen LogP contribution < -0.4 is 10.1 Å². The average Bonchev–Trinajstić information content (AvgIpc) is 3.15. The number of halogens is 3. The van der Waals surface area contributed by atoms with Crippen LogP contribution in [0.15, 0.2) is 28.9 Å². The lowest BCUT2D eigenvalue weighted by atomic mass is 10.3. The van der Waals surface area contributed by atoms with Gasteiger partial charge in [-0.05, 0) is 24.2 Å². The molecule has 0 aromatic carbocycles. The molecule has 0 saturated carbocycles. The monoisotopic (exact) mass is 355 g/mol. The first-order valence-electron chi connectivity index (χ1n) is 7.06. The van der Waals surface area contributed by atoms with Crippen LogP contribution in [0.25, 0.3) is 5.65 Å². The van der Waals surface area contributed by atoms with E-state index in [-0.39, 0.29) is 30.5 Å². The standard InChI is InChI=1S/C14H12F3N5O3/c1-8-4-13(21-25-8)24-7-12(23)18-5-11-20-19-10-3-2-9(6-22(10)11)14(15,16)17/h2-4,6H,5,7H2,1H3,(H,18,23). The second-order valence-corrected chi connectivity index (χ2v) is 5.10. The van der Waals surface area contributed by atoms with Gasteiger partial charge in [0.2, 0.25) is 0 Å². The Morgan fingerprint density at radius 3 is 2.84 bits per heavy atom. The summed E-state index contributed by atoms with van der Waals surface area (Å²) in [6.07, 6.45) is -3.60. The van der Waals surface area contributed by atoms with E-state index >= 15 is 0 Å². The maximum absolute atomic E-state index is 12.8. The molecule has 0 fully saturated rings. The maximum Gasteiger partial charge on any atom is 0.417 e. The first-order chi connectivity index (χ1) is 11.8. The van der Waals surface area contributed by atoms with Crippen molar-refractivity contribution in [3.63, 3.8) is 0 Å². The molecule has 1 N–H and O–H groups in total. The number of fused-ring (bicyclic) bond motifs is 1. The van der Waals surface area contributed by atoms with Gasteiger partial charge >= 0.3 is 6.18 Å². The van der Waals surface area contributed by atoms with Crippen LogP contribution in [0.5, 0.6) is 5.88 Å². The third kappa shape index (κ3) is 3.87. The topological polar surface area (TPSA) is 94.5 Å². The molecular formula is C14H12F3N5O3. The van der Waals surface area contributed by atoms with Gasteiger partial charge in [-0.2, -0.15) is 13.2 Å². The number of aryl methyl sites for hydroxylation is 1. The predicted molar refractivity (Wildman–Crippen MR) is 76.6 cm³/mol. The highest BCUT2D eigenvalue weighted by Crippen LogP contribution is 2.29. The highest BCUT2D eigenvalue weighted by atomic mass is 19.4. The van der Waals surface area contributed by atoms with Gasteiger partial charge in [0, 0.05) is 12.3 Å². The molecule has 0 spiro atoms. The number of hydrogen-bond acceptors (Lipinski definition) is 6. The summed E-state index contributed by atoms with van der Waals surface area (Å²) in [5, 5.41) is 13.6. The molecule has 0 bridgehead atoms. The number of hydrogen-bond donors (Lipinski definition) is 1. The number of aromatic nitrogens is 4. The molecule has 0 aliphatic carbocycles. The summed E-state index contributed by atoms with van der Waals surface area (Å²) in [5.74, 6) is 0.359. The predicted octanol–water partition coefficient (Wildman–Crippen LogP) is 1.74. The lowest BCUT2D eigenvalue weighted by Gasteiger charge is -2.08. The molecule has 0 saturated heterocycles. The Bertz CT molecular complexity index is 903. The van der Waals surface area contributed by atoms with Crippen molar-refractivity contribution in [3.05, 3.63) is 41.5 Å². The van der Waals surface area contributed by atoms with Crippen molar-refractivity contribution >= 4 is 11.6 Å². The van der Waals surface area contributed by atoms with Crippen LogP contribution in [0.2, 0.25) is 0 Å². The van der Waals surface area contributed by atoms with Gasteiger partial charge < -0.3 is 14.6 Å². The van der Waals surface area contributed by atoms with Crippen molar-refractivity contribution in [2.24, 2.45) is 0 Å². The Hall–Kier alpha value is -3.11. The van der Waals surface area contributed by atoms with Gasteiger partial charge in [0.1, 0.15) is 5.76 Å². The smallest absolute Gasteiger partial charge is 0.417 e. The molecule has 8 nitrogen and oxygen atoms in total. The molecule has 3 heterocycles. The summed E-state index contributed by atoms with van der Waals surface area (Å²) in [4.78, 5) is 11.7. The number of amides is 1. The molecular weight excluding hydrogens is 343 g/mol. The minimum atomic E-state index is -4.48. The number of carbonyl (C=O) groups excluding carboxylic acids is 1. The first kappa shape index (κ1) is 16.7. The fourth-order valence-corrected chi connectivity index (χ4v) is 2.01. The summed E-state index contributed by atoms with van der Waals surface area (Å²) in [7, 11) is 0. The Balaban J connectivity index is 1.63. The van der Waals surface area contributed by atoms with Crippen molar-refractivity contribution in [1.82, 2.24) is 25.1 Å². The molecule has 0 atom stereocenters. The van der Waals surface area contributed by atoms with Crippen LogP contribution >= 0.6 is 0 Å². The molecule has 3 rings (SSSR count). The van der Waals surface area contributed by atoms with Crippen LogP contribution in [0.4, 0.5) is 13.2 Å². The quantitative estimate of drug-likeness (QED) is 0.749. The Labute approximate surface area is 138 Å². The lowest BCUT2D eigenvalue weighted by Crippen LogP contribution is -2.29. The first-order valence-corrected chi connectivity index (χ1v) is 7.06. The Morgan fingerprint density at radius 2 is 2.16 bits per heavy atom. The van der Waals surface area contributed by atoms with Gasteiger partial charge in [-0.15, -0.1) is 10.2 Å². The zero-order valence-corrected chi connectivity index (χ0v) is 12.9. The van der Waals surface area contributed by atoms with Crippen LogP contribution in [0.3, 0.4) is 0 Å². The van der Waals surface area contributed by atoms with E-state index < -0.39 is 17.6 Å². The lowest BCUT2D eigenvalue weighted by molar-refractivity contribution is -0.137. The van der Waals surface area contributed by atoms with Gasteiger partial charge in [0.15, 0.2) is 18.1 Å². The van der Waals surface area contributed by atoms with E-state index in [0.717, 1.165) is 12.3 Å². The van der Waals surface area contributed by atoms with Crippen LogP contribution in [0.1, 0.15) is 17.1 Å². The SMILES string of the molecule is Cc1cc(OCC(=O)NCc2nnc3ccc(C(F)(F)F)cn23)no1. The van der Waals surface area contributed by atoms with E-state index in [0.29, 0.717) is 5.76 Å². The summed E-state index contributed by atoms with van der Waals surface area (Å²) in [6, 6.07) is 3.63. The Kier molecular flexibility index (Phi) is 4.30. The number of nitrogens with zero attached hydrogens (tertiary/aromatic N) is 4. The van der Waals surface area contributed by atoms with Gasteiger partial charge in [-0.1, -0.05) is 0 Å². The summed E-state index contributed by atoms with van der Waals surface area (Å²) >= 11 is 0. The molecule has 0 unspecified atom stereocenters. The zero-order valence-electron chi connectivity index (χ0n) is 12.9. The fourth-order valence-electron chi connectivity index (χ4n) is 2.01. The Morgan fingerprint density at radius 1 is 1.36 bits per heavy atom. The van der Waals surface area contributed by atoms with E-state index in [1.54, 1.807) is 6.92 Å². The average molecular weight is 355 g/mol. The van der Waals surface area contributed by atoms with Crippen LogP contribution in [-0.2, 0) is 17.5 Å². The molecule has 25 heavy (non-hydrogen) atoms. The largest absolute Gasteiger partial charge is 0.465 e. The third-order valence-corrected chi connectivity index (χ3v) is 3.20. The number of ether oxygens (including phenoxy) is 1. The van der Waals surface area contributed by atoms with E-state index in [2.05, 4.69) is 20.7 Å². The molecule has 0 aliphatic heterocycles. The van der Waals surface area contributed by atoms with E-state index in [9.17, 15) is 18.0 Å². The zero-order chi connectivity index (χ0) is 18.0. The third-order valence-electron chi connectivity index (χ3n) is 3.20. The van der Waals surface area contributed by atoms with Gasteiger partial charge in [0.05, 0.1) is 12.1 Å². The molecule has 3 aromatic heterocycles. The number of carbonyl (C=O) groups is 1. The summed E-state index contributed by atoms with van der Waals surface area (Å²) < 4.78 is 49.4. The molecule has 11 heteroatoms. The van der Waals surface area contributed by atoms with Crippen LogP contribution in [0, 0.1) is 6.92 Å². The van der Waals surface area contributed by atoms with Crippen molar-refractivity contribution in [2.75, 3.05) is 6.61 Å². The molecule has 1 amide bonds. The van der Waals surface area contributed by atoms with E-state index in [1.807, 2.05) is 0 Å². The fraction of sp³-hybridized carbons (Fsp3) is 0.286. The highest BCUT2D eigenvalue weighted by Gasteiger charge is 2.31.